The van der Waals surface area contributed by atoms with E-state index < -0.39 is 15.9 Å². The van der Waals surface area contributed by atoms with Crippen LogP contribution < -0.4 is 4.72 Å². The zero-order chi connectivity index (χ0) is 10.8. The van der Waals surface area contributed by atoms with Crippen LogP contribution in [0.3, 0.4) is 0 Å². The van der Waals surface area contributed by atoms with E-state index in [9.17, 15) is 13.2 Å². The molecule has 0 aliphatic rings. The van der Waals surface area contributed by atoms with Gasteiger partial charge in [0, 0.05) is 10.6 Å². The number of nitrogens with one attached hydrogen (secondary N) is 1. The molecule has 0 saturated heterocycles. The zero-order valence-electron chi connectivity index (χ0n) is 7.32. The summed E-state index contributed by atoms with van der Waals surface area (Å²) in [6.07, 6.45) is 0.917. The fraction of sp³-hybridized carbons (Fsp3) is 0.125. The van der Waals surface area contributed by atoms with Gasteiger partial charge in [-0.25, -0.2) is 13.1 Å². The molecule has 0 saturated carbocycles. The van der Waals surface area contributed by atoms with Crippen molar-refractivity contribution in [2.45, 2.75) is 0 Å². The minimum atomic E-state index is -3.51. The molecular weight excluding hydrogens is 226 g/mol. The van der Waals surface area contributed by atoms with Gasteiger partial charge in [-0.15, -0.1) is 0 Å². The van der Waals surface area contributed by atoms with Gasteiger partial charge in [-0.05, 0) is 24.3 Å². The Morgan fingerprint density at radius 2 is 1.79 bits per heavy atom. The van der Waals surface area contributed by atoms with Crippen molar-refractivity contribution in [3.8, 4) is 0 Å². The summed E-state index contributed by atoms with van der Waals surface area (Å²) in [6.45, 7) is 0. The lowest BCUT2D eigenvalue weighted by atomic mass is 10.2. The third-order valence-electron chi connectivity index (χ3n) is 1.38. The van der Waals surface area contributed by atoms with Crippen molar-refractivity contribution < 1.29 is 13.2 Å². The van der Waals surface area contributed by atoms with Crippen LogP contribution in [0.5, 0.6) is 0 Å². The molecule has 0 unspecified atom stereocenters. The average Bonchev–Trinajstić information content (AvgIpc) is 2.02. The molecule has 0 aromatic heterocycles. The standard InChI is InChI=1S/C8H8ClNO3S/c1-14(12,13)10-8(11)6-2-4-7(9)5-3-6/h2-5H,1H3,(H,10,11). The van der Waals surface area contributed by atoms with Crippen molar-refractivity contribution in [2.24, 2.45) is 0 Å². The topological polar surface area (TPSA) is 63.2 Å². The molecule has 0 spiro atoms. The average molecular weight is 234 g/mol. The van der Waals surface area contributed by atoms with Crippen LogP contribution in [0.25, 0.3) is 0 Å². The van der Waals surface area contributed by atoms with Gasteiger partial charge < -0.3 is 0 Å². The zero-order valence-corrected chi connectivity index (χ0v) is 8.89. The Hall–Kier alpha value is -1.07. The van der Waals surface area contributed by atoms with Crippen molar-refractivity contribution in [3.05, 3.63) is 34.9 Å². The van der Waals surface area contributed by atoms with Gasteiger partial charge in [0.1, 0.15) is 0 Å². The van der Waals surface area contributed by atoms with Crippen LogP contribution in [0.2, 0.25) is 5.02 Å². The Kier molecular flexibility index (Phi) is 3.13. The number of carbonyl (C=O) groups excluding carboxylic acids is 1. The first-order valence-electron chi connectivity index (χ1n) is 3.66. The predicted molar refractivity (Wildman–Crippen MR) is 53.8 cm³/mol. The van der Waals surface area contributed by atoms with E-state index in [1.165, 1.54) is 24.3 Å². The maximum absolute atomic E-state index is 11.2. The van der Waals surface area contributed by atoms with Gasteiger partial charge in [-0.2, -0.15) is 0 Å². The van der Waals surface area contributed by atoms with Crippen molar-refractivity contribution in [1.82, 2.24) is 4.72 Å². The highest BCUT2D eigenvalue weighted by Crippen LogP contribution is 2.09. The van der Waals surface area contributed by atoms with E-state index in [1.54, 1.807) is 0 Å². The number of sulfonamides is 1. The van der Waals surface area contributed by atoms with Crippen LogP contribution in [-0.2, 0) is 10.0 Å². The second kappa shape index (κ2) is 3.98. The first-order valence-corrected chi connectivity index (χ1v) is 5.93. The molecule has 4 nitrogen and oxygen atoms in total. The molecule has 6 heteroatoms. The molecule has 0 aliphatic carbocycles. The summed E-state index contributed by atoms with van der Waals surface area (Å²) in [5, 5.41) is 0.487. The Morgan fingerprint density at radius 3 is 2.21 bits per heavy atom. The molecule has 1 rings (SSSR count). The summed E-state index contributed by atoms with van der Waals surface area (Å²) in [7, 11) is -3.51. The highest BCUT2D eigenvalue weighted by molar-refractivity contribution is 7.89. The minimum absolute atomic E-state index is 0.250. The van der Waals surface area contributed by atoms with Gasteiger partial charge in [0.25, 0.3) is 5.91 Å². The SMILES string of the molecule is CS(=O)(=O)NC(=O)c1ccc(Cl)cc1. The largest absolute Gasteiger partial charge is 0.268 e. The quantitative estimate of drug-likeness (QED) is 0.830. The molecule has 1 N–H and O–H groups in total. The molecule has 0 aliphatic heterocycles. The van der Waals surface area contributed by atoms with E-state index in [0.29, 0.717) is 5.02 Å². The number of benzene rings is 1. The summed E-state index contributed by atoms with van der Waals surface area (Å²) >= 11 is 5.60. The maximum atomic E-state index is 11.2. The van der Waals surface area contributed by atoms with Crippen LogP contribution in [0.4, 0.5) is 0 Å². The van der Waals surface area contributed by atoms with Crippen LogP contribution >= 0.6 is 11.6 Å². The third-order valence-corrected chi connectivity index (χ3v) is 2.19. The molecule has 76 valence electrons. The predicted octanol–water partition coefficient (Wildman–Crippen LogP) is 1.03. The number of hydrogen-bond acceptors (Lipinski definition) is 3. The second-order valence-corrected chi connectivity index (χ2v) is 4.90. The number of rotatable bonds is 2. The van der Waals surface area contributed by atoms with E-state index in [-0.39, 0.29) is 5.56 Å². The highest BCUT2D eigenvalue weighted by atomic mass is 35.5. The summed E-state index contributed by atoms with van der Waals surface area (Å²) in [5.74, 6) is -0.663. The molecule has 0 fully saturated rings. The highest BCUT2D eigenvalue weighted by Gasteiger charge is 2.10. The first-order chi connectivity index (χ1) is 6.38. The van der Waals surface area contributed by atoms with Gasteiger partial charge in [-0.3, -0.25) is 4.79 Å². The lowest BCUT2D eigenvalue weighted by Crippen LogP contribution is -2.29. The Labute approximate surface area is 86.9 Å². The van der Waals surface area contributed by atoms with E-state index in [0.717, 1.165) is 6.26 Å². The number of hydrogen-bond donors (Lipinski definition) is 1. The van der Waals surface area contributed by atoms with Crippen molar-refractivity contribution >= 4 is 27.5 Å². The molecule has 1 amide bonds. The smallest absolute Gasteiger partial charge is 0.264 e. The van der Waals surface area contributed by atoms with E-state index in [1.807, 2.05) is 4.72 Å². The lowest BCUT2D eigenvalue weighted by molar-refractivity contribution is 0.0981. The first kappa shape index (κ1) is 11.0. The van der Waals surface area contributed by atoms with Gasteiger partial charge in [0.05, 0.1) is 6.26 Å². The molecule has 0 heterocycles. The minimum Gasteiger partial charge on any atom is -0.268 e. The summed E-state index contributed by atoms with van der Waals surface area (Å²) in [6, 6.07) is 5.92. The Bertz CT molecular complexity index is 438. The van der Waals surface area contributed by atoms with E-state index >= 15 is 0 Å². The van der Waals surface area contributed by atoms with Crippen LogP contribution in [-0.4, -0.2) is 20.6 Å². The van der Waals surface area contributed by atoms with Gasteiger partial charge >= 0.3 is 0 Å². The van der Waals surface area contributed by atoms with Gasteiger partial charge in [0.15, 0.2) is 0 Å². The van der Waals surface area contributed by atoms with Crippen LogP contribution in [0.15, 0.2) is 24.3 Å². The molecule has 1 aromatic rings. The summed E-state index contributed by atoms with van der Waals surface area (Å²) < 4.78 is 23.3. The molecule has 0 atom stereocenters. The van der Waals surface area contributed by atoms with Gasteiger partial charge in [0.2, 0.25) is 10.0 Å². The summed E-state index contributed by atoms with van der Waals surface area (Å²) in [5.41, 5.74) is 0.250. The maximum Gasteiger partial charge on any atom is 0.264 e. The van der Waals surface area contributed by atoms with Crippen molar-refractivity contribution in [2.75, 3.05) is 6.26 Å². The second-order valence-electron chi connectivity index (χ2n) is 2.71. The van der Waals surface area contributed by atoms with Crippen LogP contribution in [0, 0.1) is 0 Å². The molecular formula is C8H8ClNO3S. The fourth-order valence-corrected chi connectivity index (χ4v) is 1.41. The number of amides is 1. The normalized spacial score (nSPS) is 11.0. The summed E-state index contributed by atoms with van der Waals surface area (Å²) in [4.78, 5) is 11.2. The molecule has 14 heavy (non-hydrogen) atoms. The monoisotopic (exact) mass is 233 g/mol. The van der Waals surface area contributed by atoms with Crippen molar-refractivity contribution in [3.63, 3.8) is 0 Å². The fourth-order valence-electron chi connectivity index (χ4n) is 0.829. The van der Waals surface area contributed by atoms with Crippen molar-refractivity contribution in [1.29, 1.82) is 0 Å². The number of carbonyl (C=O) groups is 1. The molecule has 1 aromatic carbocycles. The lowest BCUT2D eigenvalue weighted by Gasteiger charge is -2.01. The molecule has 0 radical (unpaired) electrons. The van der Waals surface area contributed by atoms with Gasteiger partial charge in [-0.1, -0.05) is 11.6 Å². The Balaban J connectivity index is 2.86. The molecule has 0 bridgehead atoms. The van der Waals surface area contributed by atoms with E-state index in [2.05, 4.69) is 0 Å². The Morgan fingerprint density at radius 1 is 1.29 bits per heavy atom. The third kappa shape index (κ3) is 3.35. The van der Waals surface area contributed by atoms with Crippen LogP contribution in [0.1, 0.15) is 10.4 Å². The van der Waals surface area contributed by atoms with E-state index in [4.69, 9.17) is 11.6 Å². The number of halogens is 1.